The van der Waals surface area contributed by atoms with Gasteiger partial charge in [-0.15, -0.1) is 11.8 Å². The first-order valence-corrected chi connectivity index (χ1v) is 4.99. The third-order valence-corrected chi connectivity index (χ3v) is 2.85. The van der Waals surface area contributed by atoms with Crippen molar-refractivity contribution in [2.45, 2.75) is 30.5 Å². The molecule has 1 unspecified atom stereocenters. The Balaban J connectivity index is 2.63. The van der Waals surface area contributed by atoms with Crippen LogP contribution < -0.4 is 5.73 Å². The topological polar surface area (TPSA) is 38.9 Å². The summed E-state index contributed by atoms with van der Waals surface area (Å²) >= 11 is 1.77. The van der Waals surface area contributed by atoms with Crippen LogP contribution in [0, 0.1) is 0 Å². The van der Waals surface area contributed by atoms with Crippen molar-refractivity contribution in [3.05, 3.63) is 18.2 Å². The number of thioether (sulfide) groups is 1. The quantitative estimate of drug-likeness (QED) is 0.730. The molecule has 0 amide bonds. The molecule has 0 aliphatic carbocycles. The van der Waals surface area contributed by atoms with Gasteiger partial charge in [0, 0.05) is 5.25 Å². The molecule has 1 atom stereocenters. The summed E-state index contributed by atoms with van der Waals surface area (Å²) in [4.78, 5) is 4.20. The van der Waals surface area contributed by atoms with E-state index in [4.69, 9.17) is 5.73 Å². The molecule has 0 aliphatic heterocycles. The van der Waals surface area contributed by atoms with E-state index in [9.17, 15) is 0 Å². The van der Waals surface area contributed by atoms with Gasteiger partial charge in [-0.2, -0.15) is 0 Å². The van der Waals surface area contributed by atoms with Gasteiger partial charge >= 0.3 is 0 Å². The summed E-state index contributed by atoms with van der Waals surface area (Å²) in [6.45, 7) is 4.36. The Morgan fingerprint density at radius 3 is 2.92 bits per heavy atom. The minimum Gasteiger partial charge on any atom is -0.384 e. The summed E-state index contributed by atoms with van der Waals surface area (Å²) < 4.78 is 0. The van der Waals surface area contributed by atoms with Crippen molar-refractivity contribution in [2.75, 3.05) is 5.73 Å². The molecule has 0 bridgehead atoms. The Kier molecular flexibility index (Phi) is 3.41. The fourth-order valence-corrected chi connectivity index (χ4v) is 1.68. The maximum Gasteiger partial charge on any atom is 0.124 e. The van der Waals surface area contributed by atoms with Crippen LogP contribution in [0.15, 0.2) is 23.2 Å². The Hall–Kier alpha value is -0.700. The highest BCUT2D eigenvalue weighted by Gasteiger charge is 2.02. The average molecular weight is 182 g/mol. The van der Waals surface area contributed by atoms with Gasteiger partial charge in [0.1, 0.15) is 5.82 Å². The highest BCUT2D eigenvalue weighted by atomic mass is 32.2. The largest absolute Gasteiger partial charge is 0.384 e. The average Bonchev–Trinajstić information content (AvgIpc) is 2.04. The van der Waals surface area contributed by atoms with Crippen LogP contribution in [0.3, 0.4) is 0 Å². The van der Waals surface area contributed by atoms with Gasteiger partial charge in [-0.25, -0.2) is 4.98 Å². The molecular weight excluding hydrogens is 168 g/mol. The lowest BCUT2D eigenvalue weighted by Gasteiger charge is -2.06. The molecule has 12 heavy (non-hydrogen) atoms. The molecule has 0 saturated carbocycles. The minimum atomic E-state index is 0.600. The van der Waals surface area contributed by atoms with Gasteiger partial charge in [0.15, 0.2) is 0 Å². The number of hydrogen-bond donors (Lipinski definition) is 1. The van der Waals surface area contributed by atoms with Crippen molar-refractivity contribution in [1.82, 2.24) is 4.98 Å². The SMILES string of the molecule is CCC(C)Sc1cccc(N)n1. The maximum absolute atomic E-state index is 5.55. The van der Waals surface area contributed by atoms with Crippen LogP contribution in [0.5, 0.6) is 0 Å². The number of aromatic nitrogens is 1. The Morgan fingerprint density at radius 1 is 1.58 bits per heavy atom. The van der Waals surface area contributed by atoms with E-state index >= 15 is 0 Å². The number of rotatable bonds is 3. The molecule has 0 aliphatic rings. The van der Waals surface area contributed by atoms with Crippen LogP contribution in [-0.4, -0.2) is 10.2 Å². The molecule has 0 fully saturated rings. The minimum absolute atomic E-state index is 0.600. The zero-order chi connectivity index (χ0) is 8.97. The summed E-state index contributed by atoms with van der Waals surface area (Å²) in [7, 11) is 0. The lowest BCUT2D eigenvalue weighted by molar-refractivity contribution is 0.901. The number of nitrogens with two attached hydrogens (primary N) is 1. The second kappa shape index (κ2) is 4.36. The number of pyridine rings is 1. The first-order valence-electron chi connectivity index (χ1n) is 4.11. The molecule has 0 radical (unpaired) electrons. The van der Waals surface area contributed by atoms with Crippen molar-refractivity contribution >= 4 is 17.6 Å². The summed E-state index contributed by atoms with van der Waals surface area (Å²) in [5.41, 5.74) is 5.55. The van der Waals surface area contributed by atoms with E-state index < -0.39 is 0 Å². The van der Waals surface area contributed by atoms with Gasteiger partial charge in [0.25, 0.3) is 0 Å². The van der Waals surface area contributed by atoms with Crippen LogP contribution >= 0.6 is 11.8 Å². The van der Waals surface area contributed by atoms with Crippen LogP contribution in [0.4, 0.5) is 5.82 Å². The van der Waals surface area contributed by atoms with E-state index in [1.165, 1.54) is 0 Å². The fourth-order valence-electron chi connectivity index (χ4n) is 0.786. The molecular formula is C9H14N2S. The molecule has 0 spiro atoms. The van der Waals surface area contributed by atoms with E-state index in [1.54, 1.807) is 17.8 Å². The second-order valence-electron chi connectivity index (χ2n) is 2.74. The summed E-state index contributed by atoms with van der Waals surface area (Å²) in [6, 6.07) is 5.74. The predicted molar refractivity (Wildman–Crippen MR) is 54.3 cm³/mol. The molecule has 1 heterocycles. The van der Waals surface area contributed by atoms with Gasteiger partial charge in [-0.1, -0.05) is 19.9 Å². The smallest absolute Gasteiger partial charge is 0.124 e. The van der Waals surface area contributed by atoms with Crippen LogP contribution in [-0.2, 0) is 0 Å². The maximum atomic E-state index is 5.55. The van der Waals surface area contributed by atoms with Crippen LogP contribution in [0.25, 0.3) is 0 Å². The first kappa shape index (κ1) is 9.39. The Morgan fingerprint density at radius 2 is 2.33 bits per heavy atom. The van der Waals surface area contributed by atoms with Gasteiger partial charge in [0.2, 0.25) is 0 Å². The molecule has 3 heteroatoms. The van der Waals surface area contributed by atoms with Gasteiger partial charge < -0.3 is 5.73 Å². The van der Waals surface area contributed by atoms with E-state index in [-0.39, 0.29) is 0 Å². The summed E-state index contributed by atoms with van der Waals surface area (Å²) in [6.07, 6.45) is 1.15. The van der Waals surface area contributed by atoms with Crippen LogP contribution in [0.1, 0.15) is 20.3 Å². The molecule has 1 rings (SSSR count). The Bertz CT molecular complexity index is 250. The molecule has 1 aromatic heterocycles. The zero-order valence-corrected chi connectivity index (χ0v) is 8.27. The monoisotopic (exact) mass is 182 g/mol. The van der Waals surface area contributed by atoms with Gasteiger partial charge in [-0.05, 0) is 18.6 Å². The molecule has 66 valence electrons. The van der Waals surface area contributed by atoms with Crippen LogP contribution in [0.2, 0.25) is 0 Å². The van der Waals surface area contributed by atoms with E-state index in [0.717, 1.165) is 11.4 Å². The normalized spacial score (nSPS) is 12.8. The zero-order valence-electron chi connectivity index (χ0n) is 7.45. The standard InChI is InChI=1S/C9H14N2S/c1-3-7(2)12-9-6-4-5-8(10)11-9/h4-7H,3H2,1-2H3,(H2,10,11). The summed E-state index contributed by atoms with van der Waals surface area (Å²) in [5, 5.41) is 1.63. The summed E-state index contributed by atoms with van der Waals surface area (Å²) in [5.74, 6) is 0.600. The predicted octanol–water partition coefficient (Wildman–Crippen LogP) is 2.55. The molecule has 0 aromatic carbocycles. The number of anilines is 1. The van der Waals surface area contributed by atoms with Gasteiger partial charge in [0.05, 0.1) is 5.03 Å². The van der Waals surface area contributed by atoms with Crippen molar-refractivity contribution in [2.24, 2.45) is 0 Å². The molecule has 0 saturated heterocycles. The molecule has 2 N–H and O–H groups in total. The van der Waals surface area contributed by atoms with Gasteiger partial charge in [-0.3, -0.25) is 0 Å². The van der Waals surface area contributed by atoms with Crippen molar-refractivity contribution in [1.29, 1.82) is 0 Å². The lowest BCUT2D eigenvalue weighted by atomic mass is 10.4. The van der Waals surface area contributed by atoms with E-state index in [2.05, 4.69) is 18.8 Å². The first-order chi connectivity index (χ1) is 5.72. The lowest BCUT2D eigenvalue weighted by Crippen LogP contribution is -1.95. The third kappa shape index (κ3) is 2.74. The number of hydrogen-bond acceptors (Lipinski definition) is 3. The highest BCUT2D eigenvalue weighted by molar-refractivity contribution is 7.99. The second-order valence-corrected chi connectivity index (χ2v) is 4.20. The highest BCUT2D eigenvalue weighted by Crippen LogP contribution is 2.23. The number of nitrogen functional groups attached to an aromatic ring is 1. The van der Waals surface area contributed by atoms with E-state index in [0.29, 0.717) is 11.1 Å². The fraction of sp³-hybridized carbons (Fsp3) is 0.444. The van der Waals surface area contributed by atoms with Crippen molar-refractivity contribution < 1.29 is 0 Å². The number of nitrogens with zero attached hydrogens (tertiary/aromatic N) is 1. The third-order valence-electron chi connectivity index (χ3n) is 1.64. The van der Waals surface area contributed by atoms with Crippen molar-refractivity contribution in [3.63, 3.8) is 0 Å². The molecule has 2 nitrogen and oxygen atoms in total. The van der Waals surface area contributed by atoms with E-state index in [1.807, 2.05) is 12.1 Å². The Labute approximate surface area is 77.6 Å². The van der Waals surface area contributed by atoms with Crippen molar-refractivity contribution in [3.8, 4) is 0 Å². The molecule has 1 aromatic rings.